The summed E-state index contributed by atoms with van der Waals surface area (Å²) in [5, 5.41) is 3.84. The van der Waals surface area contributed by atoms with Gasteiger partial charge in [-0.25, -0.2) is 4.39 Å². The Morgan fingerprint density at radius 1 is 1.40 bits per heavy atom. The minimum absolute atomic E-state index is 0.269. The zero-order valence-corrected chi connectivity index (χ0v) is 12.9. The molecule has 1 aromatic carbocycles. The highest BCUT2D eigenvalue weighted by atomic mass is 35.5. The van der Waals surface area contributed by atoms with Gasteiger partial charge in [0.25, 0.3) is 0 Å². The average Bonchev–Trinajstić information content (AvgIpc) is 2.45. The van der Waals surface area contributed by atoms with Crippen LogP contribution < -0.4 is 5.32 Å². The monoisotopic (exact) mass is 298 g/mol. The summed E-state index contributed by atoms with van der Waals surface area (Å²) >= 11 is 6.06. The predicted octanol–water partition coefficient (Wildman–Crippen LogP) is 3.83. The van der Waals surface area contributed by atoms with Crippen molar-refractivity contribution in [1.82, 2.24) is 10.2 Å². The molecular weight excluding hydrogens is 275 g/mol. The number of benzene rings is 1. The normalized spacial score (nSPS) is 19.5. The Bertz CT molecular complexity index is 419. The van der Waals surface area contributed by atoms with Crippen molar-refractivity contribution >= 4 is 11.6 Å². The lowest BCUT2D eigenvalue weighted by molar-refractivity contribution is 0.217. The first kappa shape index (κ1) is 15.7. The molecule has 1 atom stereocenters. The van der Waals surface area contributed by atoms with Gasteiger partial charge in [-0.3, -0.25) is 4.90 Å². The van der Waals surface area contributed by atoms with Crippen molar-refractivity contribution < 1.29 is 4.39 Å². The molecule has 2 nitrogen and oxygen atoms in total. The highest BCUT2D eigenvalue weighted by Gasteiger charge is 2.17. The highest BCUT2D eigenvalue weighted by Crippen LogP contribution is 2.21. The lowest BCUT2D eigenvalue weighted by atomic mass is 10.0. The summed E-state index contributed by atoms with van der Waals surface area (Å²) in [5.74, 6) is -0.323. The fraction of sp³-hybridized carbons (Fsp3) is 0.625. The molecule has 20 heavy (non-hydrogen) atoms. The summed E-state index contributed by atoms with van der Waals surface area (Å²) in [6.45, 7) is 6.05. The van der Waals surface area contributed by atoms with Gasteiger partial charge in [-0.15, -0.1) is 0 Å². The molecule has 0 spiro atoms. The van der Waals surface area contributed by atoms with Crippen LogP contribution in [0.25, 0.3) is 0 Å². The van der Waals surface area contributed by atoms with Crippen LogP contribution in [0.5, 0.6) is 0 Å². The van der Waals surface area contributed by atoms with Gasteiger partial charge in [0.05, 0.1) is 5.02 Å². The maximum absolute atomic E-state index is 13.5. The number of piperidine rings is 1. The van der Waals surface area contributed by atoms with Gasteiger partial charge in [0.15, 0.2) is 0 Å². The Labute approximate surface area is 126 Å². The van der Waals surface area contributed by atoms with Gasteiger partial charge in [0.2, 0.25) is 0 Å². The third-order valence-electron chi connectivity index (χ3n) is 3.86. The van der Waals surface area contributed by atoms with Crippen LogP contribution in [0.3, 0.4) is 0 Å². The molecule has 1 fully saturated rings. The first-order valence-corrected chi connectivity index (χ1v) is 7.97. The van der Waals surface area contributed by atoms with E-state index < -0.39 is 0 Å². The molecule has 0 saturated carbocycles. The van der Waals surface area contributed by atoms with Crippen LogP contribution in [0.4, 0.5) is 4.39 Å². The number of nitrogens with one attached hydrogen (secondary N) is 1. The number of hydrogen-bond donors (Lipinski definition) is 1. The number of hydrogen-bond acceptors (Lipinski definition) is 2. The molecule has 0 radical (unpaired) electrons. The van der Waals surface area contributed by atoms with E-state index in [1.165, 1.54) is 25.3 Å². The third kappa shape index (κ3) is 4.44. The van der Waals surface area contributed by atoms with E-state index in [0.717, 1.165) is 38.2 Å². The molecule has 4 heteroatoms. The van der Waals surface area contributed by atoms with Crippen LogP contribution >= 0.6 is 11.6 Å². The van der Waals surface area contributed by atoms with Crippen molar-refractivity contribution in [3.8, 4) is 0 Å². The fourth-order valence-electron chi connectivity index (χ4n) is 2.85. The highest BCUT2D eigenvalue weighted by molar-refractivity contribution is 6.31. The van der Waals surface area contributed by atoms with Crippen molar-refractivity contribution in [3.05, 3.63) is 34.6 Å². The van der Waals surface area contributed by atoms with Gasteiger partial charge in [-0.1, -0.05) is 37.1 Å². The minimum Gasteiger partial charge on any atom is -0.313 e. The van der Waals surface area contributed by atoms with Crippen molar-refractivity contribution in [2.75, 3.05) is 19.6 Å². The molecule has 1 N–H and O–H groups in total. The quantitative estimate of drug-likeness (QED) is 0.858. The van der Waals surface area contributed by atoms with E-state index in [1.54, 1.807) is 6.07 Å². The molecule has 2 rings (SSSR count). The molecule has 112 valence electrons. The Hall–Kier alpha value is -0.640. The van der Waals surface area contributed by atoms with E-state index in [1.807, 2.05) is 6.07 Å². The molecule has 0 amide bonds. The Morgan fingerprint density at radius 2 is 2.25 bits per heavy atom. The van der Waals surface area contributed by atoms with E-state index in [4.69, 9.17) is 11.6 Å². The van der Waals surface area contributed by atoms with E-state index in [0.29, 0.717) is 6.04 Å². The molecule has 1 aliphatic heterocycles. The van der Waals surface area contributed by atoms with Gasteiger partial charge < -0.3 is 5.32 Å². The topological polar surface area (TPSA) is 15.3 Å². The summed E-state index contributed by atoms with van der Waals surface area (Å²) in [6.07, 6.45) is 4.91. The molecular formula is C16H24ClFN2. The maximum Gasteiger partial charge on any atom is 0.142 e. The summed E-state index contributed by atoms with van der Waals surface area (Å²) in [5.41, 5.74) is 0.885. The molecule has 1 aromatic rings. The Morgan fingerprint density at radius 3 is 2.95 bits per heavy atom. The van der Waals surface area contributed by atoms with Crippen LogP contribution in [0, 0.1) is 5.82 Å². The van der Waals surface area contributed by atoms with Crippen molar-refractivity contribution in [3.63, 3.8) is 0 Å². The largest absolute Gasteiger partial charge is 0.313 e. The molecule has 0 aromatic heterocycles. The van der Waals surface area contributed by atoms with Crippen molar-refractivity contribution in [2.45, 2.75) is 45.2 Å². The molecule has 1 heterocycles. The second-order valence-electron chi connectivity index (χ2n) is 5.59. The van der Waals surface area contributed by atoms with E-state index in [2.05, 4.69) is 17.1 Å². The number of halogens is 2. The lowest BCUT2D eigenvalue weighted by Gasteiger charge is -2.30. The third-order valence-corrected chi connectivity index (χ3v) is 4.28. The van der Waals surface area contributed by atoms with Gasteiger partial charge in [-0.05, 0) is 44.0 Å². The summed E-state index contributed by atoms with van der Waals surface area (Å²) in [4.78, 5) is 2.38. The van der Waals surface area contributed by atoms with Gasteiger partial charge in [-0.2, -0.15) is 0 Å². The van der Waals surface area contributed by atoms with Crippen LogP contribution in [-0.4, -0.2) is 30.6 Å². The van der Waals surface area contributed by atoms with Crippen LogP contribution in [-0.2, 0) is 6.54 Å². The van der Waals surface area contributed by atoms with Gasteiger partial charge >= 0.3 is 0 Å². The second kappa shape index (κ2) is 7.96. The van der Waals surface area contributed by atoms with E-state index in [9.17, 15) is 4.39 Å². The van der Waals surface area contributed by atoms with Gasteiger partial charge in [0, 0.05) is 19.1 Å². The second-order valence-corrected chi connectivity index (χ2v) is 5.97. The Balaban J connectivity index is 1.98. The SMILES string of the molecule is CCCN(Cc1cccc(F)c1Cl)CC1CCCCN1. The molecule has 1 unspecified atom stereocenters. The zero-order valence-electron chi connectivity index (χ0n) is 12.2. The van der Waals surface area contributed by atoms with E-state index >= 15 is 0 Å². The summed E-state index contributed by atoms with van der Waals surface area (Å²) in [7, 11) is 0. The standard InChI is InChI=1S/C16H24ClFN2/c1-2-10-20(12-14-7-3-4-9-19-14)11-13-6-5-8-15(18)16(13)17/h5-6,8,14,19H,2-4,7,9-12H2,1H3. The van der Waals surface area contributed by atoms with Crippen molar-refractivity contribution in [1.29, 1.82) is 0 Å². The molecule has 0 aliphatic carbocycles. The van der Waals surface area contributed by atoms with Crippen LogP contribution in [0.2, 0.25) is 5.02 Å². The minimum atomic E-state index is -0.323. The van der Waals surface area contributed by atoms with Gasteiger partial charge in [0.1, 0.15) is 5.82 Å². The van der Waals surface area contributed by atoms with Crippen molar-refractivity contribution in [2.24, 2.45) is 0 Å². The van der Waals surface area contributed by atoms with Crippen LogP contribution in [0.15, 0.2) is 18.2 Å². The summed E-state index contributed by atoms with van der Waals surface area (Å²) < 4.78 is 13.5. The van der Waals surface area contributed by atoms with Crippen LogP contribution in [0.1, 0.15) is 38.2 Å². The Kier molecular flexibility index (Phi) is 6.27. The smallest absolute Gasteiger partial charge is 0.142 e. The molecule has 1 aliphatic rings. The average molecular weight is 299 g/mol. The first-order valence-electron chi connectivity index (χ1n) is 7.59. The first-order chi connectivity index (χ1) is 9.70. The lowest BCUT2D eigenvalue weighted by Crippen LogP contribution is -2.43. The maximum atomic E-state index is 13.5. The molecule has 0 bridgehead atoms. The zero-order chi connectivity index (χ0) is 14.4. The number of rotatable bonds is 6. The van der Waals surface area contributed by atoms with E-state index in [-0.39, 0.29) is 10.8 Å². The number of nitrogens with zero attached hydrogens (tertiary/aromatic N) is 1. The fourth-order valence-corrected chi connectivity index (χ4v) is 3.04. The predicted molar refractivity (Wildman–Crippen MR) is 82.6 cm³/mol. The molecule has 1 saturated heterocycles. The summed E-state index contributed by atoms with van der Waals surface area (Å²) in [6, 6.07) is 5.63.